The van der Waals surface area contributed by atoms with E-state index in [1.807, 2.05) is 18.2 Å². The van der Waals surface area contributed by atoms with Crippen LogP contribution in [0.5, 0.6) is 5.75 Å². The molecule has 0 amide bonds. The van der Waals surface area contributed by atoms with Gasteiger partial charge in [0.1, 0.15) is 0 Å². The third-order valence-electron chi connectivity index (χ3n) is 4.81. The van der Waals surface area contributed by atoms with Crippen molar-refractivity contribution in [1.29, 1.82) is 0 Å². The van der Waals surface area contributed by atoms with E-state index in [2.05, 4.69) is 29.2 Å². The summed E-state index contributed by atoms with van der Waals surface area (Å²) in [6.07, 6.45) is 3.80. The third-order valence-corrected chi connectivity index (χ3v) is 4.81. The first-order valence-electron chi connectivity index (χ1n) is 7.69. The van der Waals surface area contributed by atoms with Gasteiger partial charge in [-0.05, 0) is 41.7 Å². The zero-order chi connectivity index (χ0) is 15.9. The van der Waals surface area contributed by atoms with Gasteiger partial charge < -0.3 is 14.8 Å². The summed E-state index contributed by atoms with van der Waals surface area (Å²) in [4.78, 5) is 13.7. The number of carbonyl (C=O) groups excluding carboxylic acids is 1. The van der Waals surface area contributed by atoms with Gasteiger partial charge in [-0.3, -0.25) is 4.79 Å². The number of hydrogen-bond acceptors (Lipinski definition) is 3. The fourth-order valence-electron chi connectivity index (χ4n) is 3.13. The molecule has 2 aromatic carbocycles. The van der Waals surface area contributed by atoms with Gasteiger partial charge in [-0.1, -0.05) is 30.3 Å². The van der Waals surface area contributed by atoms with Crippen molar-refractivity contribution in [3.8, 4) is 16.9 Å². The average Bonchev–Trinajstić information content (AvgIpc) is 3.31. The highest BCUT2D eigenvalue weighted by Gasteiger charge is 2.43. The van der Waals surface area contributed by atoms with Gasteiger partial charge in [-0.25, -0.2) is 0 Å². The van der Waals surface area contributed by atoms with Crippen LogP contribution in [0.4, 0.5) is 0 Å². The van der Waals surface area contributed by atoms with E-state index in [0.29, 0.717) is 12.2 Å². The van der Waals surface area contributed by atoms with Crippen LogP contribution in [0.1, 0.15) is 18.4 Å². The standard InChI is InChI=1S/C19H17NO3/c21-11-19(7-8-19)15-4-1-13(2-5-15)14-3-6-17-16(9-14)18(10-20-17)23-12-22/h1-6,9-10,12,20-21H,7-8,11H2. The summed E-state index contributed by atoms with van der Waals surface area (Å²) >= 11 is 0. The second kappa shape index (κ2) is 5.25. The lowest BCUT2D eigenvalue weighted by Crippen LogP contribution is -2.11. The minimum atomic E-state index is -0.00586. The molecule has 0 atom stereocenters. The minimum absolute atomic E-state index is 0.00586. The molecule has 23 heavy (non-hydrogen) atoms. The van der Waals surface area contributed by atoms with Crippen molar-refractivity contribution in [3.63, 3.8) is 0 Å². The lowest BCUT2D eigenvalue weighted by molar-refractivity contribution is -0.120. The molecule has 0 unspecified atom stereocenters. The first-order chi connectivity index (χ1) is 11.3. The quantitative estimate of drug-likeness (QED) is 0.710. The molecule has 0 aliphatic heterocycles. The lowest BCUT2D eigenvalue weighted by atomic mass is 9.94. The number of hydrogen-bond donors (Lipinski definition) is 2. The van der Waals surface area contributed by atoms with Crippen LogP contribution in [0, 0.1) is 0 Å². The largest absolute Gasteiger partial charge is 0.426 e. The average molecular weight is 307 g/mol. The van der Waals surface area contributed by atoms with E-state index in [1.54, 1.807) is 6.20 Å². The molecule has 0 spiro atoms. The molecule has 1 aliphatic rings. The first kappa shape index (κ1) is 14.0. The highest BCUT2D eigenvalue weighted by atomic mass is 16.5. The Bertz CT molecular complexity index is 860. The van der Waals surface area contributed by atoms with Crippen molar-refractivity contribution in [2.24, 2.45) is 0 Å². The molecule has 4 heteroatoms. The number of H-pyrrole nitrogens is 1. The van der Waals surface area contributed by atoms with E-state index in [1.165, 1.54) is 5.56 Å². The Morgan fingerprint density at radius 2 is 1.87 bits per heavy atom. The topological polar surface area (TPSA) is 62.3 Å². The van der Waals surface area contributed by atoms with E-state index < -0.39 is 0 Å². The number of aliphatic hydroxyl groups excluding tert-OH is 1. The second-order valence-corrected chi connectivity index (χ2v) is 6.14. The maximum absolute atomic E-state index is 10.6. The van der Waals surface area contributed by atoms with Gasteiger partial charge >= 0.3 is 0 Å². The van der Waals surface area contributed by atoms with Gasteiger partial charge in [-0.2, -0.15) is 0 Å². The van der Waals surface area contributed by atoms with E-state index in [-0.39, 0.29) is 12.0 Å². The summed E-state index contributed by atoms with van der Waals surface area (Å²) in [7, 11) is 0. The maximum atomic E-state index is 10.6. The number of aliphatic hydroxyl groups is 1. The fraction of sp³-hybridized carbons (Fsp3) is 0.211. The van der Waals surface area contributed by atoms with Crippen LogP contribution >= 0.6 is 0 Å². The fourth-order valence-corrected chi connectivity index (χ4v) is 3.13. The monoisotopic (exact) mass is 307 g/mol. The molecule has 0 saturated heterocycles. The zero-order valence-corrected chi connectivity index (χ0v) is 12.6. The number of rotatable bonds is 5. The summed E-state index contributed by atoms with van der Waals surface area (Å²) in [5.41, 5.74) is 4.29. The number of benzene rings is 2. The highest BCUT2D eigenvalue weighted by molar-refractivity contribution is 5.91. The molecule has 2 N–H and O–H groups in total. The Kier molecular flexibility index (Phi) is 3.20. The van der Waals surface area contributed by atoms with Crippen LogP contribution < -0.4 is 4.74 Å². The Balaban J connectivity index is 1.71. The Labute approximate surface area is 133 Å². The number of nitrogens with one attached hydrogen (secondary N) is 1. The molecule has 1 heterocycles. The predicted octanol–water partition coefficient (Wildman–Crippen LogP) is 3.39. The van der Waals surface area contributed by atoms with Gasteiger partial charge in [-0.15, -0.1) is 0 Å². The predicted molar refractivity (Wildman–Crippen MR) is 88.4 cm³/mol. The Hall–Kier alpha value is -2.59. The van der Waals surface area contributed by atoms with E-state index in [9.17, 15) is 9.90 Å². The van der Waals surface area contributed by atoms with Crippen molar-refractivity contribution in [2.45, 2.75) is 18.3 Å². The van der Waals surface area contributed by atoms with E-state index in [0.717, 1.165) is 34.9 Å². The zero-order valence-electron chi connectivity index (χ0n) is 12.6. The maximum Gasteiger partial charge on any atom is 0.298 e. The number of aromatic nitrogens is 1. The summed E-state index contributed by atoms with van der Waals surface area (Å²) in [5, 5.41) is 10.4. The van der Waals surface area contributed by atoms with Crippen LogP contribution in [0.25, 0.3) is 22.0 Å². The summed E-state index contributed by atoms with van der Waals surface area (Å²) in [5.74, 6) is 0.533. The molecular weight excluding hydrogens is 290 g/mol. The summed E-state index contributed by atoms with van der Waals surface area (Å²) < 4.78 is 5.00. The number of carbonyl (C=O) groups is 1. The van der Waals surface area contributed by atoms with Crippen molar-refractivity contribution in [1.82, 2.24) is 4.98 Å². The molecule has 1 saturated carbocycles. The molecule has 3 aromatic rings. The SMILES string of the molecule is O=COc1c[nH]c2ccc(-c3ccc(C4(CO)CC4)cc3)cc12. The molecule has 4 nitrogen and oxygen atoms in total. The van der Waals surface area contributed by atoms with Crippen molar-refractivity contribution in [2.75, 3.05) is 6.61 Å². The molecule has 116 valence electrons. The van der Waals surface area contributed by atoms with Crippen molar-refractivity contribution >= 4 is 17.4 Å². The van der Waals surface area contributed by atoms with E-state index >= 15 is 0 Å². The van der Waals surface area contributed by atoms with Crippen LogP contribution in [0.2, 0.25) is 0 Å². The number of fused-ring (bicyclic) bond motifs is 1. The molecule has 1 fully saturated rings. The number of aromatic amines is 1. The highest BCUT2D eigenvalue weighted by Crippen LogP contribution is 2.47. The Morgan fingerprint density at radius 3 is 2.52 bits per heavy atom. The second-order valence-electron chi connectivity index (χ2n) is 6.14. The smallest absolute Gasteiger partial charge is 0.298 e. The first-order valence-corrected chi connectivity index (χ1v) is 7.69. The van der Waals surface area contributed by atoms with Crippen LogP contribution in [-0.2, 0) is 10.2 Å². The van der Waals surface area contributed by atoms with Crippen molar-refractivity contribution in [3.05, 3.63) is 54.2 Å². The van der Waals surface area contributed by atoms with Gasteiger partial charge in [0.25, 0.3) is 6.47 Å². The van der Waals surface area contributed by atoms with Crippen LogP contribution in [0.15, 0.2) is 48.7 Å². The van der Waals surface area contributed by atoms with Crippen LogP contribution in [0.3, 0.4) is 0 Å². The third kappa shape index (κ3) is 2.32. The lowest BCUT2D eigenvalue weighted by Gasteiger charge is -2.12. The molecule has 0 bridgehead atoms. The van der Waals surface area contributed by atoms with Gasteiger partial charge in [0.15, 0.2) is 5.75 Å². The van der Waals surface area contributed by atoms with Crippen molar-refractivity contribution < 1.29 is 14.6 Å². The normalized spacial score (nSPS) is 15.5. The van der Waals surface area contributed by atoms with Gasteiger partial charge in [0.05, 0.1) is 6.61 Å². The van der Waals surface area contributed by atoms with Gasteiger partial charge in [0.2, 0.25) is 0 Å². The molecule has 0 radical (unpaired) electrons. The number of ether oxygens (including phenoxy) is 1. The summed E-state index contributed by atoms with van der Waals surface area (Å²) in [6.45, 7) is 0.655. The van der Waals surface area contributed by atoms with Gasteiger partial charge in [0, 0.05) is 22.5 Å². The van der Waals surface area contributed by atoms with Crippen LogP contribution in [-0.4, -0.2) is 23.2 Å². The molecule has 4 rings (SSSR count). The minimum Gasteiger partial charge on any atom is -0.426 e. The molecule has 1 aliphatic carbocycles. The summed E-state index contributed by atoms with van der Waals surface area (Å²) in [6, 6.07) is 14.4. The molecular formula is C19H17NO3. The van der Waals surface area contributed by atoms with E-state index in [4.69, 9.17) is 4.74 Å². The molecule has 1 aromatic heterocycles. The Morgan fingerprint density at radius 1 is 1.13 bits per heavy atom.